The minimum Gasteiger partial charge on any atom is -0.456 e. The molecule has 2 aliphatic heterocycles. The van der Waals surface area contributed by atoms with Crippen molar-refractivity contribution in [3.63, 3.8) is 0 Å². The van der Waals surface area contributed by atoms with Gasteiger partial charge in [-0.15, -0.1) is 0 Å². The van der Waals surface area contributed by atoms with Gasteiger partial charge in [-0.2, -0.15) is 0 Å². The van der Waals surface area contributed by atoms with Crippen LogP contribution in [0, 0.1) is 0 Å². The minimum atomic E-state index is -0.626. The van der Waals surface area contributed by atoms with E-state index in [0.29, 0.717) is 0 Å². The van der Waals surface area contributed by atoms with E-state index in [2.05, 4.69) is 297 Å². The Morgan fingerprint density at radius 3 is 1.62 bits per heavy atom. The summed E-state index contributed by atoms with van der Waals surface area (Å²) in [4.78, 5) is 2.67. The molecule has 0 bridgehead atoms. The summed E-state index contributed by atoms with van der Waals surface area (Å²) in [7, 11) is 0. The predicted molar refractivity (Wildman–Crippen MR) is 340 cm³/mol. The summed E-state index contributed by atoms with van der Waals surface area (Å²) < 4.78 is 9.69. The van der Waals surface area contributed by atoms with E-state index in [1.165, 1.54) is 111 Å². The Balaban J connectivity index is 1.10. The molecule has 0 unspecified atom stereocenters. The van der Waals surface area contributed by atoms with Gasteiger partial charge in [-0.25, -0.2) is 0 Å². The number of rotatable bonds is 6. The highest BCUT2D eigenvalue weighted by Crippen LogP contribution is 2.60. The molecule has 14 aromatic rings. The van der Waals surface area contributed by atoms with Crippen molar-refractivity contribution in [1.82, 2.24) is 4.57 Å². The summed E-state index contributed by atoms with van der Waals surface area (Å²) in [6.07, 6.45) is 0. The van der Waals surface area contributed by atoms with Gasteiger partial charge in [0.2, 0.25) is 0 Å². The van der Waals surface area contributed by atoms with Crippen LogP contribution in [0.4, 0.5) is 17.1 Å². The van der Waals surface area contributed by atoms with Crippen molar-refractivity contribution in [3.8, 4) is 50.2 Å². The van der Waals surface area contributed by atoms with E-state index in [0.717, 1.165) is 44.6 Å². The van der Waals surface area contributed by atoms with E-state index < -0.39 is 5.41 Å². The maximum atomic E-state index is 7.04. The lowest BCUT2D eigenvalue weighted by molar-refractivity contribution is 0.591. The fraction of sp³-hybridized carbons (Fsp3) is 0.0649. The minimum absolute atomic E-state index is 0.149. The van der Waals surface area contributed by atoms with E-state index in [1.807, 2.05) is 0 Å². The lowest BCUT2D eigenvalue weighted by atomic mass is 9.33. The highest BCUT2D eigenvalue weighted by atomic mass is 16.3. The highest BCUT2D eigenvalue weighted by molar-refractivity contribution is 7.00. The molecule has 3 nitrogen and oxygen atoms in total. The molecule has 0 atom stereocenters. The van der Waals surface area contributed by atoms with E-state index >= 15 is 0 Å². The van der Waals surface area contributed by atoms with Crippen molar-refractivity contribution in [3.05, 3.63) is 295 Å². The number of aromatic nitrogens is 1. The van der Waals surface area contributed by atoms with Crippen LogP contribution in [0.15, 0.2) is 271 Å². The molecule has 12 aromatic carbocycles. The maximum Gasteiger partial charge on any atom is 0.252 e. The monoisotopic (exact) mass is 1030 g/mol. The highest BCUT2D eigenvalue weighted by Gasteiger charge is 2.51. The quantitative estimate of drug-likeness (QED) is 0.155. The van der Waals surface area contributed by atoms with Gasteiger partial charge in [-0.1, -0.05) is 239 Å². The van der Waals surface area contributed by atoms with Crippen LogP contribution in [0.25, 0.3) is 93.9 Å². The van der Waals surface area contributed by atoms with Gasteiger partial charge in [0.15, 0.2) is 0 Å². The third-order valence-corrected chi connectivity index (χ3v) is 18.2. The number of hydrogen-bond donors (Lipinski definition) is 0. The zero-order valence-corrected chi connectivity index (χ0v) is 45.3. The molecule has 4 heteroatoms. The first-order valence-electron chi connectivity index (χ1n) is 28.4. The topological polar surface area (TPSA) is 21.3 Å². The van der Waals surface area contributed by atoms with Gasteiger partial charge in [0.25, 0.3) is 6.71 Å². The third kappa shape index (κ3) is 6.42. The van der Waals surface area contributed by atoms with E-state index in [4.69, 9.17) is 4.42 Å². The standard InChI is InChI=1S/C77H53BN2O/c1-76(2,3)54-43-58(49-27-11-5-12-28-49)74(59(44-54)50-29-13-6-14-30-50)80-66-45-60-55-35-21-24-40-69(55)81-70(60)47-63(66)78-64-46-62-71(56-36-19-22-38-61(56)77(62,52-31-15-7-16-32-52)53-33-17-8-18-34-53)72-57-37-20-23-39-65(57)79(75(64)72)67-41-51(42-68(80)73(67)78)48-25-9-4-10-26-48/h4-47H,1-3H3. The van der Waals surface area contributed by atoms with E-state index in [-0.39, 0.29) is 12.1 Å². The molecule has 0 saturated carbocycles. The van der Waals surface area contributed by atoms with Crippen LogP contribution in [-0.2, 0) is 10.8 Å². The predicted octanol–water partition coefficient (Wildman–Crippen LogP) is 18.0. The third-order valence-electron chi connectivity index (χ3n) is 18.2. The van der Waals surface area contributed by atoms with Crippen LogP contribution in [0.2, 0.25) is 0 Å². The number of fused-ring (bicyclic) bond motifs is 14. The van der Waals surface area contributed by atoms with Crippen molar-refractivity contribution in [2.75, 3.05) is 4.90 Å². The Morgan fingerprint density at radius 1 is 0.407 bits per heavy atom. The zero-order valence-electron chi connectivity index (χ0n) is 45.3. The second-order valence-corrected chi connectivity index (χ2v) is 23.5. The second-order valence-electron chi connectivity index (χ2n) is 23.5. The molecule has 380 valence electrons. The van der Waals surface area contributed by atoms with Gasteiger partial charge in [-0.05, 0) is 132 Å². The lowest BCUT2D eigenvalue weighted by Crippen LogP contribution is -2.60. The first kappa shape index (κ1) is 46.1. The normalized spacial score (nSPS) is 13.7. The Morgan fingerprint density at radius 2 is 0.963 bits per heavy atom. The average Bonchev–Trinajstić information content (AvgIpc) is 2.35. The Labute approximate surface area is 471 Å². The Kier molecular flexibility index (Phi) is 9.70. The first-order chi connectivity index (χ1) is 39.8. The van der Waals surface area contributed by atoms with Gasteiger partial charge < -0.3 is 13.9 Å². The van der Waals surface area contributed by atoms with Gasteiger partial charge in [0.05, 0.1) is 22.1 Å². The zero-order chi connectivity index (χ0) is 53.7. The molecule has 81 heavy (non-hydrogen) atoms. The van der Waals surface area contributed by atoms with Gasteiger partial charge in [0.1, 0.15) is 11.2 Å². The number of nitrogens with zero attached hydrogens (tertiary/aromatic N) is 2. The van der Waals surface area contributed by atoms with Crippen LogP contribution in [0.3, 0.4) is 0 Å². The summed E-state index contributed by atoms with van der Waals surface area (Å²) in [6.45, 7) is 6.81. The summed E-state index contributed by atoms with van der Waals surface area (Å²) in [5.74, 6) is 0. The van der Waals surface area contributed by atoms with E-state index in [1.54, 1.807) is 0 Å². The van der Waals surface area contributed by atoms with Crippen LogP contribution < -0.4 is 21.3 Å². The van der Waals surface area contributed by atoms with Crippen molar-refractivity contribution >= 4 is 83.9 Å². The van der Waals surface area contributed by atoms with Crippen molar-refractivity contribution < 1.29 is 4.42 Å². The van der Waals surface area contributed by atoms with Gasteiger partial charge in [-0.3, -0.25) is 0 Å². The lowest BCUT2D eigenvalue weighted by Gasteiger charge is -2.43. The molecule has 1 aliphatic carbocycles. The fourth-order valence-corrected chi connectivity index (χ4v) is 14.7. The SMILES string of the molecule is CC(C)(C)c1cc(-c2ccccc2)c(N2c3cc4c(cc3B3c5c2cc(-c2ccccc2)cc5-n2c5ccccc5c5c6c(cc3c52)C(c2ccccc2)(c2ccccc2)c2ccccc2-6)oc2ccccc24)c(-c2ccccc2)c1. The molecule has 2 aromatic heterocycles. The number of hydrogen-bond acceptors (Lipinski definition) is 2. The van der Waals surface area contributed by atoms with Crippen LogP contribution >= 0.6 is 0 Å². The molecule has 0 N–H and O–H groups in total. The molecule has 0 fully saturated rings. The Hall–Kier alpha value is -9.90. The number of furan rings is 1. The molecule has 0 radical (unpaired) electrons. The first-order valence-corrected chi connectivity index (χ1v) is 28.4. The van der Waals surface area contributed by atoms with Crippen LogP contribution in [-0.4, -0.2) is 11.3 Å². The summed E-state index contributed by atoms with van der Waals surface area (Å²) in [5, 5.41) is 4.74. The van der Waals surface area contributed by atoms with Crippen molar-refractivity contribution in [2.45, 2.75) is 31.6 Å². The van der Waals surface area contributed by atoms with Crippen molar-refractivity contribution in [2.24, 2.45) is 0 Å². The molecule has 4 heterocycles. The molecular weight excluding hydrogens is 980 g/mol. The summed E-state index contributed by atoms with van der Waals surface area (Å²) in [5.41, 5.74) is 27.8. The van der Waals surface area contributed by atoms with Crippen LogP contribution in [0.1, 0.15) is 48.6 Å². The molecule has 17 rings (SSSR count). The van der Waals surface area contributed by atoms with Crippen molar-refractivity contribution in [1.29, 1.82) is 0 Å². The summed E-state index contributed by atoms with van der Waals surface area (Å²) in [6, 6.07) is 100. The molecule has 0 amide bonds. The number of anilines is 3. The molecule has 3 aliphatic rings. The second kappa shape index (κ2) is 17.1. The van der Waals surface area contributed by atoms with Crippen LogP contribution in [0.5, 0.6) is 0 Å². The van der Waals surface area contributed by atoms with Gasteiger partial charge in [0, 0.05) is 49.7 Å². The number of para-hydroxylation sites is 2. The number of benzene rings is 12. The average molecular weight is 1030 g/mol. The summed E-state index contributed by atoms with van der Waals surface area (Å²) >= 11 is 0. The van der Waals surface area contributed by atoms with Gasteiger partial charge >= 0.3 is 0 Å². The fourth-order valence-electron chi connectivity index (χ4n) is 14.7. The maximum absolute atomic E-state index is 7.04. The molecular formula is C77H53BN2O. The molecule has 0 saturated heterocycles. The molecule has 0 spiro atoms. The van der Waals surface area contributed by atoms with E-state index in [9.17, 15) is 0 Å². The smallest absolute Gasteiger partial charge is 0.252 e. The Bertz CT molecular complexity index is 4800. The largest absolute Gasteiger partial charge is 0.456 e.